The van der Waals surface area contributed by atoms with Crippen LogP contribution in [0.25, 0.3) is 0 Å². The van der Waals surface area contributed by atoms with Crippen LogP contribution in [0, 0.1) is 0 Å². The van der Waals surface area contributed by atoms with Crippen molar-refractivity contribution in [2.75, 3.05) is 13.2 Å². The number of carbonyl (C=O) groups is 3. The van der Waals surface area contributed by atoms with E-state index in [2.05, 4.69) is 16.6 Å². The van der Waals surface area contributed by atoms with Gasteiger partial charge >= 0.3 is 65.1 Å². The van der Waals surface area contributed by atoms with Gasteiger partial charge < -0.3 is 24.5 Å². The van der Waals surface area contributed by atoms with Crippen LogP contribution in [0.15, 0.2) is 24.8 Å². The van der Waals surface area contributed by atoms with E-state index in [0.717, 1.165) is 25.7 Å². The summed E-state index contributed by atoms with van der Waals surface area (Å²) in [6.07, 6.45) is 19.6. The Bertz CT molecular complexity index is 744. The van der Waals surface area contributed by atoms with Gasteiger partial charge in [0.25, 0.3) is 0 Å². The van der Waals surface area contributed by atoms with Crippen LogP contribution in [-0.4, -0.2) is 49.2 Å². The van der Waals surface area contributed by atoms with Gasteiger partial charge in [-0.1, -0.05) is 69.9 Å². The van der Waals surface area contributed by atoms with Crippen molar-refractivity contribution in [3.05, 3.63) is 24.8 Å². The van der Waals surface area contributed by atoms with Crippen molar-refractivity contribution in [3.8, 4) is 0 Å². The van der Waals surface area contributed by atoms with Crippen LogP contribution in [-0.2, 0) is 29.2 Å². The second-order valence-corrected chi connectivity index (χ2v) is 9.73. The minimum Gasteiger partial charge on any atom is -0.747 e. The average molecular weight is 548 g/mol. The predicted octanol–water partition coefficient (Wildman–Crippen LogP) is -3.48. The molecule has 1 N–H and O–H groups in total. The van der Waals surface area contributed by atoms with E-state index in [0.29, 0.717) is 0 Å². The molecule has 0 aromatic rings. The maximum atomic E-state index is 11.7. The standard InChI is InChI=1S/C24H41NO8S.2Na/c1-2-3-4-5-6-7-8-9-10-11-12-13-14-15-16-17-22(26)25-18-19-33-23(27)20-21(24(28)29)34(30,31)32;;/h2,16-17,21H,1,3-15,18-20H2,(H,25,26)(H,28,29)(H,30,31,32);;/q;2*+1/p-2/b17-16+;;. The fourth-order valence-corrected chi connectivity index (χ4v) is 3.82. The van der Waals surface area contributed by atoms with Crippen molar-refractivity contribution in [3.63, 3.8) is 0 Å². The molecule has 1 amide bonds. The first-order valence-corrected chi connectivity index (χ1v) is 13.5. The molecule has 36 heavy (non-hydrogen) atoms. The zero-order chi connectivity index (χ0) is 25.7. The van der Waals surface area contributed by atoms with Crippen LogP contribution < -0.4 is 69.5 Å². The third kappa shape index (κ3) is 25.4. The average Bonchev–Trinajstić information content (AvgIpc) is 2.76. The summed E-state index contributed by atoms with van der Waals surface area (Å²) in [7, 11) is -5.23. The molecule has 0 rings (SSSR count). The predicted molar refractivity (Wildman–Crippen MR) is 126 cm³/mol. The summed E-state index contributed by atoms with van der Waals surface area (Å²) >= 11 is 0. The molecule has 1 unspecified atom stereocenters. The number of rotatable bonds is 22. The maximum Gasteiger partial charge on any atom is 1.00 e. The molecule has 0 saturated carbocycles. The summed E-state index contributed by atoms with van der Waals surface area (Å²) < 4.78 is 36.9. The van der Waals surface area contributed by atoms with Gasteiger partial charge in [-0.15, -0.1) is 6.58 Å². The zero-order valence-corrected chi connectivity index (χ0v) is 26.8. The molecule has 12 heteroatoms. The molecule has 0 saturated heterocycles. The van der Waals surface area contributed by atoms with Crippen molar-refractivity contribution in [1.29, 1.82) is 0 Å². The number of nitrogens with one attached hydrogen (secondary N) is 1. The fourth-order valence-electron chi connectivity index (χ4n) is 3.24. The SMILES string of the molecule is C=CCCCCCCCCCCCCC/C=C/C(=O)NCCOC(=O)CC(C(=O)[O-])S(=O)(=O)[O-].[Na+].[Na+]. The Morgan fingerprint density at radius 2 is 1.33 bits per heavy atom. The Morgan fingerprint density at radius 3 is 1.78 bits per heavy atom. The number of allylic oxidation sites excluding steroid dienone is 2. The number of unbranched alkanes of at least 4 members (excludes halogenated alkanes) is 12. The second kappa shape index (κ2) is 26.4. The van der Waals surface area contributed by atoms with Crippen molar-refractivity contribution in [2.45, 2.75) is 95.1 Å². The molecule has 0 aliphatic heterocycles. The Morgan fingerprint density at radius 1 is 0.861 bits per heavy atom. The molecule has 0 bridgehead atoms. The van der Waals surface area contributed by atoms with E-state index in [-0.39, 0.29) is 78.2 Å². The quantitative estimate of drug-likeness (QED) is 0.0366. The van der Waals surface area contributed by atoms with Crippen LogP contribution >= 0.6 is 0 Å². The minimum atomic E-state index is -5.23. The first-order valence-electron chi connectivity index (χ1n) is 12.0. The summed E-state index contributed by atoms with van der Waals surface area (Å²) in [6.45, 7) is 3.41. The van der Waals surface area contributed by atoms with E-state index in [9.17, 15) is 32.5 Å². The third-order valence-electron chi connectivity index (χ3n) is 5.18. The first kappa shape index (κ1) is 40.3. The minimum absolute atomic E-state index is 0. The van der Waals surface area contributed by atoms with Crippen LogP contribution in [0.4, 0.5) is 0 Å². The van der Waals surface area contributed by atoms with Gasteiger partial charge in [0.15, 0.2) is 0 Å². The van der Waals surface area contributed by atoms with E-state index >= 15 is 0 Å². The maximum absolute atomic E-state index is 11.7. The van der Waals surface area contributed by atoms with Gasteiger partial charge in [0.05, 0.1) is 24.2 Å². The largest absolute Gasteiger partial charge is 1.00 e. The first-order chi connectivity index (χ1) is 16.2. The number of carbonyl (C=O) groups excluding carboxylic acids is 3. The van der Waals surface area contributed by atoms with Crippen molar-refractivity contribution >= 4 is 28.0 Å². The molecular weight excluding hydrogens is 508 g/mol. The molecule has 1 atom stereocenters. The van der Waals surface area contributed by atoms with E-state index in [1.165, 1.54) is 63.9 Å². The topological polar surface area (TPSA) is 153 Å². The zero-order valence-electron chi connectivity index (χ0n) is 22.0. The monoisotopic (exact) mass is 547 g/mol. The van der Waals surface area contributed by atoms with E-state index in [1.54, 1.807) is 6.08 Å². The van der Waals surface area contributed by atoms with Gasteiger partial charge in [0.1, 0.15) is 16.7 Å². The number of aliphatic carboxylic acids is 1. The Balaban J connectivity index is -0.00000544. The summed E-state index contributed by atoms with van der Waals surface area (Å²) in [5, 5.41) is 10.6. The van der Waals surface area contributed by atoms with Crippen LogP contribution in [0.3, 0.4) is 0 Å². The number of carboxylic acid groups (broad SMARTS) is 1. The van der Waals surface area contributed by atoms with Gasteiger partial charge in [0.2, 0.25) is 5.91 Å². The molecule has 0 fully saturated rings. The molecule has 0 radical (unpaired) electrons. The van der Waals surface area contributed by atoms with Gasteiger partial charge in [-0.3, -0.25) is 9.59 Å². The van der Waals surface area contributed by atoms with Gasteiger partial charge in [-0.2, -0.15) is 0 Å². The number of hydrogen-bond acceptors (Lipinski definition) is 8. The summed E-state index contributed by atoms with van der Waals surface area (Å²) in [4.78, 5) is 33.7. The number of amides is 1. The number of esters is 1. The molecule has 0 aliphatic rings. The Kier molecular flexibility index (Phi) is 29.6. The van der Waals surface area contributed by atoms with Gasteiger partial charge in [-0.05, 0) is 31.8 Å². The smallest absolute Gasteiger partial charge is 0.747 e. The number of ether oxygens (including phenoxy) is 1. The molecule has 0 heterocycles. The van der Waals surface area contributed by atoms with E-state index in [4.69, 9.17) is 0 Å². The van der Waals surface area contributed by atoms with Crippen molar-refractivity contribution in [2.24, 2.45) is 0 Å². The normalized spacial score (nSPS) is 11.7. The summed E-state index contributed by atoms with van der Waals surface area (Å²) in [5.74, 6) is -3.71. The van der Waals surface area contributed by atoms with E-state index in [1.807, 2.05) is 6.08 Å². The second-order valence-electron chi connectivity index (χ2n) is 8.17. The summed E-state index contributed by atoms with van der Waals surface area (Å²) in [6, 6.07) is 0. The van der Waals surface area contributed by atoms with Crippen LogP contribution in [0.2, 0.25) is 0 Å². The number of hydrogen-bond donors (Lipinski definition) is 1. The van der Waals surface area contributed by atoms with E-state index < -0.39 is 33.7 Å². The molecule has 0 aromatic carbocycles. The van der Waals surface area contributed by atoms with Crippen molar-refractivity contribution in [1.82, 2.24) is 5.32 Å². The Hall–Kier alpha value is -0.200. The molecule has 196 valence electrons. The molecule has 0 spiro atoms. The molecule has 9 nitrogen and oxygen atoms in total. The summed E-state index contributed by atoms with van der Waals surface area (Å²) in [5.41, 5.74) is 0. The van der Waals surface area contributed by atoms with Crippen LogP contribution in [0.1, 0.15) is 89.9 Å². The molecule has 0 aromatic heterocycles. The van der Waals surface area contributed by atoms with Gasteiger partial charge in [-0.25, -0.2) is 8.42 Å². The third-order valence-corrected chi connectivity index (χ3v) is 6.23. The fraction of sp³-hybridized carbons (Fsp3) is 0.708. The molecular formula is C24H39NNa2O8S. The number of carboxylic acids is 1. The molecule has 0 aliphatic carbocycles. The van der Waals surface area contributed by atoms with Crippen LogP contribution in [0.5, 0.6) is 0 Å². The Labute approximate surface area is 260 Å². The van der Waals surface area contributed by atoms with Gasteiger partial charge in [0, 0.05) is 0 Å². The van der Waals surface area contributed by atoms with Crippen molar-refractivity contribution < 1.29 is 96.3 Å².